The average Bonchev–Trinajstić information content (AvgIpc) is 2.83. The highest BCUT2D eigenvalue weighted by atomic mass is 16.4. The first-order chi connectivity index (χ1) is 9.84. The van der Waals surface area contributed by atoms with E-state index >= 15 is 0 Å². The molecule has 1 atom stereocenters. The zero-order chi connectivity index (χ0) is 15.6. The van der Waals surface area contributed by atoms with Gasteiger partial charge in [0.05, 0.1) is 0 Å². The SMILES string of the molecule is CC(C)c1ccc(NC(=O)N2CCC[C@@]2(C)C(=O)O)cc1. The Balaban J connectivity index is 2.09. The van der Waals surface area contributed by atoms with E-state index in [-0.39, 0.29) is 6.03 Å². The minimum atomic E-state index is -1.11. The molecule has 5 nitrogen and oxygen atoms in total. The minimum Gasteiger partial charge on any atom is -0.480 e. The fourth-order valence-corrected chi connectivity index (χ4v) is 2.65. The Morgan fingerprint density at radius 2 is 1.90 bits per heavy atom. The summed E-state index contributed by atoms with van der Waals surface area (Å²) in [4.78, 5) is 25.1. The van der Waals surface area contributed by atoms with E-state index in [9.17, 15) is 14.7 Å². The van der Waals surface area contributed by atoms with Crippen LogP contribution in [0.15, 0.2) is 24.3 Å². The number of urea groups is 1. The van der Waals surface area contributed by atoms with Crippen molar-refractivity contribution >= 4 is 17.7 Å². The van der Waals surface area contributed by atoms with Crippen LogP contribution < -0.4 is 5.32 Å². The number of carboxylic acids is 1. The zero-order valence-corrected chi connectivity index (χ0v) is 12.7. The van der Waals surface area contributed by atoms with Gasteiger partial charge in [-0.25, -0.2) is 9.59 Å². The Bertz CT molecular complexity index is 539. The maximum atomic E-state index is 12.3. The van der Waals surface area contributed by atoms with Gasteiger partial charge in [0.1, 0.15) is 5.54 Å². The highest BCUT2D eigenvalue weighted by Gasteiger charge is 2.45. The third kappa shape index (κ3) is 3.01. The van der Waals surface area contributed by atoms with Gasteiger partial charge in [-0.2, -0.15) is 0 Å². The molecule has 1 saturated heterocycles. The fraction of sp³-hybridized carbons (Fsp3) is 0.500. The number of carboxylic acid groups (broad SMARTS) is 1. The number of amides is 2. The summed E-state index contributed by atoms with van der Waals surface area (Å²) < 4.78 is 0. The maximum absolute atomic E-state index is 12.3. The predicted octanol–water partition coefficient (Wildman–Crippen LogP) is 3.28. The first-order valence-corrected chi connectivity index (χ1v) is 7.26. The lowest BCUT2D eigenvalue weighted by Gasteiger charge is -2.31. The van der Waals surface area contributed by atoms with E-state index in [1.807, 2.05) is 24.3 Å². The van der Waals surface area contributed by atoms with Crippen LogP contribution in [0.25, 0.3) is 0 Å². The quantitative estimate of drug-likeness (QED) is 0.897. The molecule has 21 heavy (non-hydrogen) atoms. The molecule has 114 valence electrons. The Morgan fingerprint density at radius 3 is 2.43 bits per heavy atom. The first-order valence-electron chi connectivity index (χ1n) is 7.26. The largest absolute Gasteiger partial charge is 0.480 e. The van der Waals surface area contributed by atoms with Crippen LogP contribution in [0.5, 0.6) is 0 Å². The molecule has 1 fully saturated rings. The molecule has 2 amide bonds. The van der Waals surface area contributed by atoms with Crippen molar-refractivity contribution in [3.05, 3.63) is 29.8 Å². The van der Waals surface area contributed by atoms with Crippen molar-refractivity contribution in [2.24, 2.45) is 0 Å². The zero-order valence-electron chi connectivity index (χ0n) is 12.7. The number of carbonyl (C=O) groups excluding carboxylic acids is 1. The monoisotopic (exact) mass is 290 g/mol. The molecular formula is C16H22N2O3. The molecule has 1 aromatic carbocycles. The predicted molar refractivity (Wildman–Crippen MR) is 81.5 cm³/mol. The molecule has 1 aliphatic heterocycles. The van der Waals surface area contributed by atoms with E-state index in [0.29, 0.717) is 31.0 Å². The number of aliphatic carboxylic acids is 1. The van der Waals surface area contributed by atoms with Gasteiger partial charge in [0, 0.05) is 12.2 Å². The van der Waals surface area contributed by atoms with Crippen molar-refractivity contribution < 1.29 is 14.7 Å². The summed E-state index contributed by atoms with van der Waals surface area (Å²) >= 11 is 0. The maximum Gasteiger partial charge on any atom is 0.329 e. The first kappa shape index (κ1) is 15.4. The van der Waals surface area contributed by atoms with E-state index < -0.39 is 11.5 Å². The topological polar surface area (TPSA) is 69.6 Å². The molecule has 1 aliphatic rings. The molecule has 0 unspecified atom stereocenters. The number of nitrogens with zero attached hydrogens (tertiary/aromatic N) is 1. The summed E-state index contributed by atoms with van der Waals surface area (Å²) in [5.41, 5.74) is 0.774. The molecule has 0 spiro atoms. The van der Waals surface area contributed by atoms with Crippen LogP contribution in [0.3, 0.4) is 0 Å². The minimum absolute atomic E-state index is 0.352. The third-order valence-corrected chi connectivity index (χ3v) is 4.18. The number of benzene rings is 1. The molecule has 0 aromatic heterocycles. The van der Waals surface area contributed by atoms with E-state index in [2.05, 4.69) is 19.2 Å². The number of hydrogen-bond acceptors (Lipinski definition) is 2. The number of hydrogen-bond donors (Lipinski definition) is 2. The lowest BCUT2D eigenvalue weighted by molar-refractivity contribution is -0.146. The van der Waals surface area contributed by atoms with Crippen LogP contribution in [0.1, 0.15) is 45.1 Å². The molecule has 1 aromatic rings. The van der Waals surface area contributed by atoms with Crippen LogP contribution in [-0.2, 0) is 4.79 Å². The fourth-order valence-electron chi connectivity index (χ4n) is 2.65. The van der Waals surface area contributed by atoms with Crippen LogP contribution in [0.4, 0.5) is 10.5 Å². The van der Waals surface area contributed by atoms with Crippen LogP contribution >= 0.6 is 0 Å². The third-order valence-electron chi connectivity index (χ3n) is 4.18. The standard InChI is InChI=1S/C16H22N2O3/c1-11(2)12-5-7-13(8-6-12)17-15(21)18-10-4-9-16(18,3)14(19)20/h5-8,11H,4,9-10H2,1-3H3,(H,17,21)(H,19,20)/t16-/m0/s1. The summed E-state index contributed by atoms with van der Waals surface area (Å²) in [7, 11) is 0. The Kier molecular flexibility index (Phi) is 4.21. The molecule has 0 saturated carbocycles. The van der Waals surface area contributed by atoms with E-state index in [4.69, 9.17) is 0 Å². The van der Waals surface area contributed by atoms with Crippen LogP contribution in [-0.4, -0.2) is 34.1 Å². The van der Waals surface area contributed by atoms with Gasteiger partial charge >= 0.3 is 12.0 Å². The summed E-state index contributed by atoms with van der Waals surface area (Å²) in [6, 6.07) is 7.29. The van der Waals surface area contributed by atoms with E-state index in [1.54, 1.807) is 6.92 Å². The molecule has 5 heteroatoms. The lowest BCUT2D eigenvalue weighted by Crippen LogP contribution is -2.52. The van der Waals surface area contributed by atoms with Crippen LogP contribution in [0, 0.1) is 0 Å². The van der Waals surface area contributed by atoms with E-state index in [0.717, 1.165) is 0 Å². The smallest absolute Gasteiger partial charge is 0.329 e. The van der Waals surface area contributed by atoms with Gasteiger partial charge in [-0.15, -0.1) is 0 Å². The molecule has 0 aliphatic carbocycles. The molecule has 2 rings (SSSR count). The van der Waals surface area contributed by atoms with Crippen molar-refractivity contribution in [2.75, 3.05) is 11.9 Å². The number of carbonyl (C=O) groups is 2. The van der Waals surface area contributed by atoms with Gasteiger partial charge in [0.2, 0.25) is 0 Å². The average molecular weight is 290 g/mol. The van der Waals surface area contributed by atoms with Gasteiger partial charge in [-0.3, -0.25) is 0 Å². The number of rotatable bonds is 3. The molecular weight excluding hydrogens is 268 g/mol. The Hall–Kier alpha value is -2.04. The molecule has 2 N–H and O–H groups in total. The number of nitrogens with one attached hydrogen (secondary N) is 1. The highest BCUT2D eigenvalue weighted by Crippen LogP contribution is 2.30. The van der Waals surface area contributed by atoms with Gasteiger partial charge < -0.3 is 15.3 Å². The van der Waals surface area contributed by atoms with Crippen molar-refractivity contribution in [3.8, 4) is 0 Å². The van der Waals surface area contributed by atoms with Crippen molar-refractivity contribution in [1.82, 2.24) is 4.90 Å². The second-order valence-electron chi connectivity index (χ2n) is 6.04. The number of likely N-dealkylation sites (tertiary alicyclic amines) is 1. The summed E-state index contributed by atoms with van der Waals surface area (Å²) in [6.07, 6.45) is 1.20. The summed E-state index contributed by atoms with van der Waals surface area (Å²) in [5, 5.41) is 12.1. The Labute approximate surface area is 125 Å². The van der Waals surface area contributed by atoms with Gasteiger partial charge in [0.15, 0.2) is 0 Å². The van der Waals surface area contributed by atoms with Gasteiger partial charge in [-0.1, -0.05) is 26.0 Å². The highest BCUT2D eigenvalue weighted by molar-refractivity contribution is 5.94. The summed E-state index contributed by atoms with van der Waals surface area (Å²) in [5.74, 6) is -0.519. The van der Waals surface area contributed by atoms with Crippen molar-refractivity contribution in [3.63, 3.8) is 0 Å². The number of anilines is 1. The molecule has 0 bridgehead atoms. The van der Waals surface area contributed by atoms with Crippen molar-refractivity contribution in [2.45, 2.75) is 45.1 Å². The lowest BCUT2D eigenvalue weighted by atomic mass is 10.00. The van der Waals surface area contributed by atoms with E-state index in [1.165, 1.54) is 10.5 Å². The van der Waals surface area contributed by atoms with Crippen LogP contribution in [0.2, 0.25) is 0 Å². The second-order valence-corrected chi connectivity index (χ2v) is 6.04. The Morgan fingerprint density at radius 1 is 1.29 bits per heavy atom. The second kappa shape index (κ2) is 5.76. The molecule has 1 heterocycles. The van der Waals surface area contributed by atoms with Gasteiger partial charge in [-0.05, 0) is 43.4 Å². The van der Waals surface area contributed by atoms with Crippen molar-refractivity contribution in [1.29, 1.82) is 0 Å². The van der Waals surface area contributed by atoms with Gasteiger partial charge in [0.25, 0.3) is 0 Å². The summed E-state index contributed by atoms with van der Waals surface area (Å²) in [6.45, 7) is 6.29. The normalized spacial score (nSPS) is 21.6. The molecule has 0 radical (unpaired) electrons.